The number of hydrogen-bond donors (Lipinski definition) is 1. The zero-order valence-electron chi connectivity index (χ0n) is 15.9. The molecule has 1 N–H and O–H groups in total. The minimum atomic E-state index is -1.53. The van der Waals surface area contributed by atoms with Gasteiger partial charge in [-0.2, -0.15) is 0 Å². The molecule has 0 saturated carbocycles. The van der Waals surface area contributed by atoms with E-state index in [2.05, 4.69) is 5.32 Å². The number of rotatable bonds is 7. The van der Waals surface area contributed by atoms with Crippen LogP contribution in [-0.2, 0) is 23.9 Å². The van der Waals surface area contributed by atoms with Crippen molar-refractivity contribution in [1.29, 1.82) is 0 Å². The minimum Gasteiger partial charge on any atom is -0.543 e. The summed E-state index contributed by atoms with van der Waals surface area (Å²) in [5.74, 6) is -2.40. The van der Waals surface area contributed by atoms with Crippen molar-refractivity contribution in [1.82, 2.24) is 10.2 Å². The summed E-state index contributed by atoms with van der Waals surface area (Å²) in [6.45, 7) is 0.700. The first-order valence-electron chi connectivity index (χ1n) is 8.37. The maximum atomic E-state index is 12.4. The molecule has 29 heavy (non-hydrogen) atoms. The van der Waals surface area contributed by atoms with Crippen molar-refractivity contribution in [2.24, 2.45) is 0 Å². The predicted molar refractivity (Wildman–Crippen MR) is 95.6 cm³/mol. The topological polar surface area (TPSA) is 125 Å². The van der Waals surface area contributed by atoms with Gasteiger partial charge in [0.15, 0.2) is 6.61 Å². The second kappa shape index (κ2) is 10.1. The Hall–Kier alpha value is -2.01. The minimum absolute atomic E-state index is 0. The molecule has 0 spiro atoms. The van der Waals surface area contributed by atoms with E-state index in [4.69, 9.17) is 9.47 Å². The molecule has 148 valence electrons. The van der Waals surface area contributed by atoms with Gasteiger partial charge in [0, 0.05) is 18.2 Å². The Bertz CT molecular complexity index is 846. The summed E-state index contributed by atoms with van der Waals surface area (Å²) in [6, 6.07) is 7.87. The number of amides is 2. The van der Waals surface area contributed by atoms with Crippen LogP contribution in [0.25, 0.3) is 0 Å². The van der Waals surface area contributed by atoms with Crippen LogP contribution in [0.1, 0.15) is 6.92 Å². The number of aliphatic carboxylic acids is 1. The number of ether oxygens (including phenoxy) is 2. The monoisotopic (exact) mass is 428 g/mol. The second-order valence-electron chi connectivity index (χ2n) is 6.08. The van der Waals surface area contributed by atoms with E-state index < -0.39 is 35.2 Å². The van der Waals surface area contributed by atoms with Crippen molar-refractivity contribution in [3.8, 4) is 5.75 Å². The van der Waals surface area contributed by atoms with E-state index >= 15 is 0 Å². The van der Waals surface area contributed by atoms with Gasteiger partial charge < -0.3 is 24.7 Å². The molecule has 11 heteroatoms. The summed E-state index contributed by atoms with van der Waals surface area (Å²) in [5, 5.41) is 13.5. The smallest absolute Gasteiger partial charge is 0.543 e. The molecule has 2 amide bonds. The number of carboxylic acid groups (broad SMARTS) is 1. The van der Waals surface area contributed by atoms with E-state index in [0.717, 1.165) is 4.90 Å². The van der Waals surface area contributed by atoms with Crippen LogP contribution < -0.4 is 44.7 Å². The molecule has 2 aliphatic heterocycles. The Labute approximate surface area is 193 Å². The van der Waals surface area contributed by atoms with Crippen LogP contribution in [0.15, 0.2) is 41.6 Å². The van der Waals surface area contributed by atoms with Crippen molar-refractivity contribution in [3.63, 3.8) is 0 Å². The predicted octanol–water partition coefficient (Wildman–Crippen LogP) is -3.96. The largest absolute Gasteiger partial charge is 1.00 e. The third kappa shape index (κ3) is 5.33. The van der Waals surface area contributed by atoms with Gasteiger partial charge in [-0.25, -0.2) is 0 Å². The summed E-state index contributed by atoms with van der Waals surface area (Å²) >= 11 is 1.27. The number of carbonyl (C=O) groups is 4. The number of nitrogens with zero attached hydrogens (tertiary/aromatic N) is 1. The SMILES string of the molecule is CC(=O)OCC1=C(C(=O)[O-])N2C(=O)C(NC(=O)COc3ccccc3)[C@@H]2SC1.[Na+]. The molecule has 1 aromatic rings. The van der Waals surface area contributed by atoms with E-state index in [1.807, 2.05) is 6.07 Å². The number of hydrogen-bond acceptors (Lipinski definition) is 8. The third-order valence-corrected chi connectivity index (χ3v) is 5.46. The average molecular weight is 428 g/mol. The maximum absolute atomic E-state index is 12.4. The fraction of sp³-hybridized carbons (Fsp3) is 0.333. The molecule has 2 aliphatic rings. The molecule has 1 fully saturated rings. The molecule has 0 radical (unpaired) electrons. The molecule has 0 aliphatic carbocycles. The summed E-state index contributed by atoms with van der Waals surface area (Å²) in [6.07, 6.45) is 0. The van der Waals surface area contributed by atoms with Gasteiger partial charge in [-0.1, -0.05) is 18.2 Å². The molecule has 1 aromatic carbocycles. The Morgan fingerprint density at radius 1 is 1.28 bits per heavy atom. The Kier molecular flexibility index (Phi) is 8.14. The molecule has 1 unspecified atom stereocenters. The molecule has 3 rings (SSSR count). The Balaban J connectivity index is 0.00000300. The van der Waals surface area contributed by atoms with Crippen LogP contribution in [0.2, 0.25) is 0 Å². The van der Waals surface area contributed by atoms with Crippen LogP contribution in [0.5, 0.6) is 5.75 Å². The first kappa shape index (κ1) is 23.3. The molecule has 0 aromatic heterocycles. The summed E-state index contributed by atoms with van der Waals surface area (Å²) in [7, 11) is 0. The Morgan fingerprint density at radius 3 is 2.59 bits per heavy atom. The zero-order chi connectivity index (χ0) is 20.3. The number of benzene rings is 1. The van der Waals surface area contributed by atoms with Gasteiger partial charge in [0.2, 0.25) is 0 Å². The number of carboxylic acids is 1. The molecule has 2 heterocycles. The van der Waals surface area contributed by atoms with E-state index in [1.165, 1.54) is 18.7 Å². The molecule has 0 bridgehead atoms. The van der Waals surface area contributed by atoms with Crippen molar-refractivity contribution < 1.29 is 63.3 Å². The molecule has 9 nitrogen and oxygen atoms in total. The van der Waals surface area contributed by atoms with Crippen LogP contribution in [-0.4, -0.2) is 59.0 Å². The molecule has 1 saturated heterocycles. The number of para-hydroxylation sites is 1. The van der Waals surface area contributed by atoms with Crippen molar-refractivity contribution in [2.75, 3.05) is 19.0 Å². The first-order chi connectivity index (χ1) is 13.4. The van der Waals surface area contributed by atoms with E-state index in [-0.39, 0.29) is 59.8 Å². The maximum Gasteiger partial charge on any atom is 1.00 e. The van der Waals surface area contributed by atoms with Gasteiger partial charge >= 0.3 is 35.5 Å². The summed E-state index contributed by atoms with van der Waals surface area (Å²) in [4.78, 5) is 48.1. The van der Waals surface area contributed by atoms with Crippen molar-refractivity contribution in [2.45, 2.75) is 18.3 Å². The normalized spacial score (nSPS) is 20.0. The third-order valence-electron chi connectivity index (χ3n) is 4.12. The van der Waals surface area contributed by atoms with Gasteiger partial charge in [0.25, 0.3) is 11.8 Å². The summed E-state index contributed by atoms with van der Waals surface area (Å²) in [5.41, 5.74) is -0.0250. The van der Waals surface area contributed by atoms with E-state index in [9.17, 15) is 24.3 Å². The summed E-state index contributed by atoms with van der Waals surface area (Å²) < 4.78 is 10.2. The number of esters is 1. The second-order valence-corrected chi connectivity index (χ2v) is 7.18. The number of thioether (sulfide) groups is 1. The molecular weight excluding hydrogens is 411 g/mol. The number of carbonyl (C=O) groups excluding carboxylic acids is 4. The van der Waals surface area contributed by atoms with E-state index in [0.29, 0.717) is 5.75 Å². The first-order valence-corrected chi connectivity index (χ1v) is 9.42. The van der Waals surface area contributed by atoms with Gasteiger partial charge in [-0.3, -0.25) is 19.3 Å². The van der Waals surface area contributed by atoms with E-state index in [1.54, 1.807) is 24.3 Å². The standard InChI is InChI=1S/C18H18N2O7S.Na/c1-10(21)26-7-11-9-28-17-14(16(23)20(17)15(11)18(24)25)19-13(22)8-27-12-5-3-2-4-6-12;/h2-6,14,17H,7-9H2,1H3,(H,19,22)(H,24,25);/q;+1/p-1/t14?,17-;/m0./s1. The average Bonchev–Trinajstić information content (AvgIpc) is 2.68. The fourth-order valence-electron chi connectivity index (χ4n) is 2.85. The van der Waals surface area contributed by atoms with Crippen LogP contribution in [0.3, 0.4) is 0 Å². The number of nitrogens with one attached hydrogen (secondary N) is 1. The Morgan fingerprint density at radius 2 is 1.97 bits per heavy atom. The fourth-order valence-corrected chi connectivity index (χ4v) is 4.18. The van der Waals surface area contributed by atoms with Crippen LogP contribution in [0, 0.1) is 0 Å². The van der Waals surface area contributed by atoms with Gasteiger partial charge in [0.05, 0.1) is 11.7 Å². The van der Waals surface area contributed by atoms with Crippen LogP contribution in [0.4, 0.5) is 0 Å². The van der Waals surface area contributed by atoms with Gasteiger partial charge in [-0.15, -0.1) is 11.8 Å². The molecule has 2 atom stereocenters. The van der Waals surface area contributed by atoms with Gasteiger partial charge in [-0.05, 0) is 12.1 Å². The van der Waals surface area contributed by atoms with Crippen LogP contribution >= 0.6 is 11.8 Å². The van der Waals surface area contributed by atoms with Gasteiger partial charge in [0.1, 0.15) is 23.8 Å². The van der Waals surface area contributed by atoms with Crippen molar-refractivity contribution in [3.05, 3.63) is 41.6 Å². The number of β-lactam (4-membered cyclic amide) rings is 1. The number of fused-ring (bicyclic) bond motifs is 1. The quantitative estimate of drug-likeness (QED) is 0.265. The van der Waals surface area contributed by atoms with Crippen molar-refractivity contribution >= 4 is 35.5 Å². The zero-order valence-corrected chi connectivity index (χ0v) is 18.7. The molecular formula is C18H17N2NaO7S.